The fourth-order valence-electron chi connectivity index (χ4n) is 2.21. The summed E-state index contributed by atoms with van der Waals surface area (Å²) in [4.78, 5) is 24.4. The van der Waals surface area contributed by atoms with Crippen molar-refractivity contribution in [3.63, 3.8) is 0 Å². The lowest BCUT2D eigenvalue weighted by Crippen LogP contribution is -2.67. The van der Waals surface area contributed by atoms with Crippen molar-refractivity contribution >= 4 is 33.1 Å². The molecule has 0 bridgehead atoms. The summed E-state index contributed by atoms with van der Waals surface area (Å²) in [5, 5.41) is -2.13. The highest BCUT2D eigenvalue weighted by molar-refractivity contribution is 7.92. The molecule has 2 rings (SSSR count). The zero-order chi connectivity index (χ0) is 13.0. The summed E-state index contributed by atoms with van der Waals surface area (Å²) in [6.07, 6.45) is 0.232. The number of carbonyl (C=O) groups is 2. The van der Waals surface area contributed by atoms with Crippen molar-refractivity contribution < 1.29 is 18.0 Å². The molecule has 0 aliphatic carbocycles. The van der Waals surface area contributed by atoms with Crippen molar-refractivity contribution in [2.24, 2.45) is 0 Å². The molecule has 0 saturated carbocycles. The molecule has 0 aromatic rings. The van der Waals surface area contributed by atoms with Gasteiger partial charge in [0.05, 0.1) is 11.4 Å². The zero-order valence-electron chi connectivity index (χ0n) is 9.44. The topological polar surface area (TPSA) is 71.5 Å². The van der Waals surface area contributed by atoms with Gasteiger partial charge in [-0.15, -0.1) is 11.6 Å². The van der Waals surface area contributed by atoms with Crippen molar-refractivity contribution in [1.82, 2.24) is 4.90 Å². The Balaban J connectivity index is 2.54. The highest BCUT2D eigenvalue weighted by Crippen LogP contribution is 2.39. The third-order valence-corrected chi connectivity index (χ3v) is 5.62. The van der Waals surface area contributed by atoms with E-state index >= 15 is 0 Å². The van der Waals surface area contributed by atoms with Gasteiger partial charge < -0.3 is 0 Å². The van der Waals surface area contributed by atoms with Crippen molar-refractivity contribution in [2.75, 3.05) is 5.75 Å². The van der Waals surface area contributed by atoms with Crippen molar-refractivity contribution in [3.8, 4) is 0 Å². The lowest BCUT2D eigenvalue weighted by molar-refractivity contribution is -0.140. The molecule has 5 nitrogen and oxygen atoms in total. The van der Waals surface area contributed by atoms with Gasteiger partial charge in [0.2, 0.25) is 5.91 Å². The molecule has 2 aliphatic heterocycles. The summed E-state index contributed by atoms with van der Waals surface area (Å²) in [5.74, 6) is -0.929. The molecule has 1 amide bonds. The van der Waals surface area contributed by atoms with E-state index in [2.05, 4.69) is 0 Å². The maximum absolute atomic E-state index is 11.8. The van der Waals surface area contributed by atoms with E-state index in [0.717, 1.165) is 4.90 Å². The van der Waals surface area contributed by atoms with Crippen LogP contribution in [0.3, 0.4) is 0 Å². The number of allylic oxidation sites excluding steroid dienone is 1. The van der Waals surface area contributed by atoms with E-state index in [-0.39, 0.29) is 23.7 Å². The van der Waals surface area contributed by atoms with Crippen LogP contribution in [-0.2, 0) is 19.4 Å². The fraction of sp³-hybridized carbons (Fsp3) is 0.600. The molecule has 0 N–H and O–H groups in total. The average molecular weight is 278 g/mol. The third kappa shape index (κ3) is 1.62. The fourth-order valence-corrected chi connectivity index (χ4v) is 4.82. The predicted octanol–water partition coefficient (Wildman–Crippen LogP) is 0.444. The van der Waals surface area contributed by atoms with Crippen LogP contribution in [0.25, 0.3) is 0 Å². The highest BCUT2D eigenvalue weighted by atomic mass is 35.5. The number of nitrogens with zero attached hydrogens (tertiary/aromatic N) is 1. The SMILES string of the molecule is CCC(=O)C1=C(C)CS(=O)(=O)[C@H]2[C@@H](Cl)C(=O)N12. The molecule has 94 valence electrons. The Morgan fingerprint density at radius 2 is 2.12 bits per heavy atom. The molecule has 0 aromatic carbocycles. The first kappa shape index (κ1) is 12.6. The summed E-state index contributed by atoms with van der Waals surface area (Å²) in [7, 11) is -3.47. The molecule has 2 aliphatic rings. The van der Waals surface area contributed by atoms with Crippen LogP contribution < -0.4 is 0 Å². The summed E-state index contributed by atoms with van der Waals surface area (Å²) >= 11 is 5.71. The first-order chi connectivity index (χ1) is 7.81. The van der Waals surface area contributed by atoms with E-state index in [0.29, 0.717) is 5.57 Å². The molecule has 1 fully saturated rings. The molecule has 2 atom stereocenters. The number of β-lactam (4-membered cyclic amide) rings is 1. The minimum Gasteiger partial charge on any atom is -0.293 e. The molecular formula is C10H12ClNO4S. The second kappa shape index (κ2) is 3.81. The molecule has 0 radical (unpaired) electrons. The van der Waals surface area contributed by atoms with Gasteiger partial charge in [-0.05, 0) is 12.5 Å². The molecule has 2 heterocycles. The number of halogens is 1. The van der Waals surface area contributed by atoms with Gasteiger partial charge in [0.1, 0.15) is 5.38 Å². The molecule has 17 heavy (non-hydrogen) atoms. The van der Waals surface area contributed by atoms with E-state index in [1.165, 1.54) is 0 Å². The number of amides is 1. The molecule has 0 spiro atoms. The van der Waals surface area contributed by atoms with Crippen molar-refractivity contribution in [2.45, 2.75) is 31.0 Å². The minimum absolute atomic E-state index is 0.203. The van der Waals surface area contributed by atoms with E-state index in [9.17, 15) is 18.0 Å². The number of fused-ring (bicyclic) bond motifs is 1. The average Bonchev–Trinajstić information content (AvgIpc) is 2.25. The number of hydrogen-bond donors (Lipinski definition) is 0. The van der Waals surface area contributed by atoms with Gasteiger partial charge >= 0.3 is 0 Å². The summed E-state index contributed by atoms with van der Waals surface area (Å²) in [6.45, 7) is 3.23. The second-order valence-corrected chi connectivity index (χ2v) is 6.78. The van der Waals surface area contributed by atoms with Gasteiger partial charge in [0.15, 0.2) is 21.0 Å². The van der Waals surface area contributed by atoms with Crippen molar-refractivity contribution in [3.05, 3.63) is 11.3 Å². The van der Waals surface area contributed by atoms with Crippen molar-refractivity contribution in [1.29, 1.82) is 0 Å². The minimum atomic E-state index is -3.47. The standard InChI is InChI=1S/C10H12ClNO4S/c1-3-6(13)8-5(2)4-17(15,16)10-7(11)9(14)12(8)10/h7,10H,3-4H2,1-2H3/t7-,10-/m0/s1. The Kier molecular flexibility index (Phi) is 2.82. The van der Waals surface area contributed by atoms with Gasteiger partial charge in [-0.3, -0.25) is 14.5 Å². The summed E-state index contributed by atoms with van der Waals surface area (Å²) in [5.41, 5.74) is 0.638. The van der Waals surface area contributed by atoms with Gasteiger partial charge in [-0.1, -0.05) is 6.92 Å². The monoisotopic (exact) mass is 277 g/mol. The van der Waals surface area contributed by atoms with E-state index < -0.39 is 26.5 Å². The Hall–Kier alpha value is -0.880. The molecule has 1 saturated heterocycles. The Morgan fingerprint density at radius 1 is 1.53 bits per heavy atom. The largest absolute Gasteiger partial charge is 0.293 e. The van der Waals surface area contributed by atoms with Crippen LogP contribution in [0.1, 0.15) is 20.3 Å². The van der Waals surface area contributed by atoms with Gasteiger partial charge in [-0.25, -0.2) is 8.42 Å². The molecule has 7 heteroatoms. The number of sulfone groups is 1. The predicted molar refractivity (Wildman–Crippen MR) is 62.1 cm³/mol. The van der Waals surface area contributed by atoms with E-state index in [1.54, 1.807) is 13.8 Å². The third-order valence-electron chi connectivity index (χ3n) is 2.99. The number of carbonyl (C=O) groups excluding carboxylic acids is 2. The Morgan fingerprint density at radius 3 is 2.65 bits per heavy atom. The lowest BCUT2D eigenvalue weighted by Gasteiger charge is -2.47. The summed E-state index contributed by atoms with van der Waals surface area (Å²) < 4.78 is 23.7. The first-order valence-electron chi connectivity index (χ1n) is 5.23. The normalized spacial score (nSPS) is 31.0. The van der Waals surface area contributed by atoms with E-state index in [4.69, 9.17) is 11.6 Å². The van der Waals surface area contributed by atoms with Crippen LogP contribution >= 0.6 is 11.6 Å². The van der Waals surface area contributed by atoms with Crippen LogP contribution in [0.5, 0.6) is 0 Å². The summed E-state index contributed by atoms with van der Waals surface area (Å²) in [6, 6.07) is 0. The zero-order valence-corrected chi connectivity index (χ0v) is 11.0. The van der Waals surface area contributed by atoms with Gasteiger partial charge in [0.25, 0.3) is 0 Å². The van der Waals surface area contributed by atoms with Crippen LogP contribution in [-0.4, -0.2) is 41.5 Å². The molecular weight excluding hydrogens is 266 g/mol. The van der Waals surface area contributed by atoms with Crippen LogP contribution in [0.2, 0.25) is 0 Å². The number of hydrogen-bond acceptors (Lipinski definition) is 4. The Bertz CT molecular complexity index is 537. The smallest absolute Gasteiger partial charge is 0.249 e. The number of alkyl halides is 1. The van der Waals surface area contributed by atoms with Gasteiger partial charge in [-0.2, -0.15) is 0 Å². The van der Waals surface area contributed by atoms with Crippen LogP contribution in [0.4, 0.5) is 0 Å². The highest BCUT2D eigenvalue weighted by Gasteiger charge is 2.58. The van der Waals surface area contributed by atoms with Crippen LogP contribution in [0.15, 0.2) is 11.3 Å². The maximum atomic E-state index is 11.8. The maximum Gasteiger partial charge on any atom is 0.249 e. The van der Waals surface area contributed by atoms with E-state index in [1.807, 2.05) is 0 Å². The number of rotatable bonds is 2. The number of Topliss-reactive ketones (excluding diaryl/α,β-unsaturated/α-hetero) is 1. The first-order valence-corrected chi connectivity index (χ1v) is 7.38. The quantitative estimate of drug-likeness (QED) is 0.542. The number of ketones is 1. The van der Waals surface area contributed by atoms with Gasteiger partial charge in [0, 0.05) is 6.42 Å². The Labute approximate surface area is 104 Å². The van der Waals surface area contributed by atoms with Crippen LogP contribution in [0, 0.1) is 0 Å². The lowest BCUT2D eigenvalue weighted by atomic mass is 10.0. The molecule has 0 unspecified atom stereocenters. The molecule has 0 aromatic heterocycles. The second-order valence-electron chi connectivity index (χ2n) is 4.21.